The molecule has 0 radical (unpaired) electrons. The Morgan fingerprint density at radius 1 is 1.37 bits per heavy atom. The minimum Gasteiger partial charge on any atom is -0.490 e. The molecule has 9 nitrogen and oxygen atoms in total. The van der Waals surface area contributed by atoms with E-state index in [1.807, 2.05) is 6.92 Å². The number of ether oxygens (including phenoxy) is 2. The number of benzene rings is 1. The molecule has 1 aromatic carbocycles. The minimum atomic E-state index is -0.660. The number of nitro groups is 1. The van der Waals surface area contributed by atoms with Gasteiger partial charge < -0.3 is 9.47 Å². The molecule has 0 bridgehead atoms. The van der Waals surface area contributed by atoms with Gasteiger partial charge in [0.2, 0.25) is 0 Å². The fraction of sp³-hybridized carbons (Fsp3) is 0.353. The molecule has 0 saturated carbocycles. The quantitative estimate of drug-likeness (QED) is 0.217. The van der Waals surface area contributed by atoms with E-state index in [1.54, 1.807) is 0 Å². The Balaban J connectivity index is 2.15. The molecule has 2 amide bonds. The minimum absolute atomic E-state index is 0.0702. The number of hydrogen-bond acceptors (Lipinski definition) is 8. The lowest BCUT2D eigenvalue weighted by atomic mass is 10.1. The molecular formula is C17H18N2O7S. The molecule has 1 saturated heterocycles. The van der Waals surface area contributed by atoms with Crippen molar-refractivity contribution in [1.82, 2.24) is 4.90 Å². The molecule has 1 heterocycles. The number of nitro benzene ring substituents is 1. The van der Waals surface area contributed by atoms with E-state index >= 15 is 0 Å². The largest absolute Gasteiger partial charge is 0.490 e. The molecule has 10 heteroatoms. The SMILES string of the molecule is CCCCOC(=O)CN1C(=O)S/C(=C/c2ccc(OC)c([N+](=O)[O-])c2)C1=O. The average molecular weight is 394 g/mol. The van der Waals surface area contributed by atoms with Gasteiger partial charge in [-0.3, -0.25) is 29.4 Å². The molecule has 1 aliphatic rings. The highest BCUT2D eigenvalue weighted by Crippen LogP contribution is 2.34. The van der Waals surface area contributed by atoms with E-state index in [0.717, 1.165) is 11.3 Å². The Morgan fingerprint density at radius 3 is 2.74 bits per heavy atom. The van der Waals surface area contributed by atoms with Gasteiger partial charge >= 0.3 is 11.7 Å². The van der Waals surface area contributed by atoms with Crippen LogP contribution in [0.4, 0.5) is 10.5 Å². The number of carbonyl (C=O) groups is 3. The Kier molecular flexibility index (Phi) is 6.94. The number of unbranched alkanes of at least 4 members (excludes halogenated alkanes) is 1. The molecule has 1 fully saturated rings. The highest BCUT2D eigenvalue weighted by molar-refractivity contribution is 8.18. The zero-order valence-electron chi connectivity index (χ0n) is 14.8. The van der Waals surface area contributed by atoms with Crippen molar-refractivity contribution < 1.29 is 28.8 Å². The molecule has 0 N–H and O–H groups in total. The summed E-state index contributed by atoms with van der Waals surface area (Å²) in [4.78, 5) is 47.5. The van der Waals surface area contributed by atoms with Crippen LogP contribution >= 0.6 is 11.8 Å². The van der Waals surface area contributed by atoms with Crippen LogP contribution in [0.3, 0.4) is 0 Å². The van der Waals surface area contributed by atoms with E-state index in [0.29, 0.717) is 23.7 Å². The molecule has 1 aliphatic heterocycles. The molecule has 0 aliphatic carbocycles. The van der Waals surface area contributed by atoms with E-state index < -0.39 is 28.6 Å². The summed E-state index contributed by atoms with van der Waals surface area (Å²) in [6.07, 6.45) is 2.91. The maximum Gasteiger partial charge on any atom is 0.326 e. The number of esters is 1. The Morgan fingerprint density at radius 2 is 2.11 bits per heavy atom. The van der Waals surface area contributed by atoms with Crippen molar-refractivity contribution in [3.8, 4) is 5.75 Å². The third kappa shape index (κ3) is 5.07. The number of hydrogen-bond donors (Lipinski definition) is 0. The molecule has 0 unspecified atom stereocenters. The van der Waals surface area contributed by atoms with Crippen LogP contribution < -0.4 is 4.74 Å². The molecule has 0 aromatic heterocycles. The van der Waals surface area contributed by atoms with E-state index in [2.05, 4.69) is 0 Å². The summed E-state index contributed by atoms with van der Waals surface area (Å²) in [5.41, 5.74) is 0.100. The fourth-order valence-electron chi connectivity index (χ4n) is 2.23. The van der Waals surface area contributed by atoms with Crippen molar-refractivity contribution in [3.63, 3.8) is 0 Å². The average Bonchev–Trinajstić information content (AvgIpc) is 2.89. The van der Waals surface area contributed by atoms with Gasteiger partial charge in [-0.15, -0.1) is 0 Å². The monoisotopic (exact) mass is 394 g/mol. The van der Waals surface area contributed by atoms with E-state index in [1.165, 1.54) is 31.4 Å². The highest BCUT2D eigenvalue weighted by atomic mass is 32.2. The summed E-state index contributed by atoms with van der Waals surface area (Å²) >= 11 is 0.661. The van der Waals surface area contributed by atoms with E-state index in [9.17, 15) is 24.5 Å². The number of thioether (sulfide) groups is 1. The van der Waals surface area contributed by atoms with Crippen molar-refractivity contribution in [2.75, 3.05) is 20.3 Å². The van der Waals surface area contributed by atoms with Crippen LogP contribution in [0.5, 0.6) is 5.75 Å². The van der Waals surface area contributed by atoms with Gasteiger partial charge in [0.1, 0.15) is 6.54 Å². The van der Waals surface area contributed by atoms with Crippen LogP contribution in [0.15, 0.2) is 23.1 Å². The smallest absolute Gasteiger partial charge is 0.326 e. The fourth-order valence-corrected chi connectivity index (χ4v) is 3.07. The Bertz CT molecular complexity index is 806. The second kappa shape index (κ2) is 9.17. The predicted octanol–water partition coefficient (Wildman–Crippen LogP) is 2.98. The van der Waals surface area contributed by atoms with Crippen molar-refractivity contribution in [2.45, 2.75) is 19.8 Å². The van der Waals surface area contributed by atoms with Gasteiger partial charge in [0.25, 0.3) is 11.1 Å². The number of amides is 2. The summed E-state index contributed by atoms with van der Waals surface area (Å²) in [6.45, 7) is 1.71. The van der Waals surface area contributed by atoms with Crippen LogP contribution in [-0.2, 0) is 14.3 Å². The summed E-state index contributed by atoms with van der Waals surface area (Å²) in [7, 11) is 1.31. The first-order valence-electron chi connectivity index (χ1n) is 8.10. The zero-order chi connectivity index (χ0) is 20.0. The van der Waals surface area contributed by atoms with Crippen LogP contribution in [0.25, 0.3) is 6.08 Å². The number of nitrogens with zero attached hydrogens (tertiary/aromatic N) is 2. The first-order chi connectivity index (χ1) is 12.9. The van der Waals surface area contributed by atoms with Gasteiger partial charge in [-0.1, -0.05) is 19.4 Å². The zero-order valence-corrected chi connectivity index (χ0v) is 15.6. The van der Waals surface area contributed by atoms with Crippen molar-refractivity contribution in [1.29, 1.82) is 0 Å². The predicted molar refractivity (Wildman–Crippen MR) is 98.2 cm³/mol. The molecule has 1 aromatic rings. The summed E-state index contributed by atoms with van der Waals surface area (Å²) in [5.74, 6) is -1.22. The van der Waals surface area contributed by atoms with Crippen LogP contribution in [-0.4, -0.2) is 47.2 Å². The van der Waals surface area contributed by atoms with Crippen molar-refractivity contribution in [2.24, 2.45) is 0 Å². The molecular weight excluding hydrogens is 376 g/mol. The molecule has 0 spiro atoms. The lowest BCUT2D eigenvalue weighted by Crippen LogP contribution is -2.34. The summed E-state index contributed by atoms with van der Waals surface area (Å²) in [6, 6.07) is 4.17. The second-order valence-electron chi connectivity index (χ2n) is 5.53. The normalized spacial score (nSPS) is 15.3. The van der Waals surface area contributed by atoms with Gasteiger partial charge in [-0.2, -0.15) is 0 Å². The number of methoxy groups -OCH3 is 1. The van der Waals surface area contributed by atoms with E-state index in [4.69, 9.17) is 9.47 Å². The van der Waals surface area contributed by atoms with Gasteiger partial charge in [0, 0.05) is 6.07 Å². The summed E-state index contributed by atoms with van der Waals surface area (Å²) < 4.78 is 9.88. The van der Waals surface area contributed by atoms with Crippen LogP contribution in [0.2, 0.25) is 0 Å². The lowest BCUT2D eigenvalue weighted by molar-refractivity contribution is -0.385. The van der Waals surface area contributed by atoms with Crippen molar-refractivity contribution >= 4 is 40.6 Å². The first kappa shape index (κ1) is 20.4. The second-order valence-corrected chi connectivity index (χ2v) is 6.52. The van der Waals surface area contributed by atoms with Crippen molar-refractivity contribution in [3.05, 3.63) is 38.8 Å². The molecule has 2 rings (SSSR count). The standard InChI is InChI=1S/C17H18N2O7S/c1-3-4-7-26-15(20)10-18-16(21)14(27-17(18)22)9-11-5-6-13(25-2)12(8-11)19(23)24/h5-6,8-9H,3-4,7,10H2,1-2H3/b14-9+. The van der Waals surface area contributed by atoms with E-state index in [-0.39, 0.29) is 22.9 Å². The maximum absolute atomic E-state index is 12.4. The van der Waals surface area contributed by atoms with Crippen LogP contribution in [0, 0.1) is 10.1 Å². The lowest BCUT2D eigenvalue weighted by Gasteiger charge is -2.11. The Hall–Kier alpha value is -2.88. The third-order valence-corrected chi connectivity index (χ3v) is 4.53. The number of rotatable bonds is 8. The molecule has 27 heavy (non-hydrogen) atoms. The van der Waals surface area contributed by atoms with Gasteiger partial charge in [0.05, 0.1) is 23.5 Å². The molecule has 144 valence electrons. The van der Waals surface area contributed by atoms with Gasteiger partial charge in [-0.25, -0.2) is 0 Å². The number of carbonyl (C=O) groups excluding carboxylic acids is 3. The highest BCUT2D eigenvalue weighted by Gasteiger charge is 2.36. The third-order valence-electron chi connectivity index (χ3n) is 3.62. The topological polar surface area (TPSA) is 116 Å². The van der Waals surface area contributed by atoms with Gasteiger partial charge in [-0.05, 0) is 35.9 Å². The summed E-state index contributed by atoms with van der Waals surface area (Å²) in [5, 5.41) is 10.5. The number of imide groups is 1. The first-order valence-corrected chi connectivity index (χ1v) is 8.92. The maximum atomic E-state index is 12.4. The van der Waals surface area contributed by atoms with Crippen LogP contribution in [0.1, 0.15) is 25.3 Å². The van der Waals surface area contributed by atoms with Gasteiger partial charge in [0.15, 0.2) is 5.75 Å². The Labute approximate surface area is 159 Å². The molecule has 0 atom stereocenters.